The van der Waals surface area contributed by atoms with Crippen molar-refractivity contribution in [3.05, 3.63) is 18.0 Å². The van der Waals surface area contributed by atoms with Crippen LogP contribution in [0, 0.1) is 11.3 Å². The summed E-state index contributed by atoms with van der Waals surface area (Å²) in [4.78, 5) is 26.9. The molecular formula is C23H37F3N6O. The number of nitrogens with zero attached hydrogens (tertiary/aromatic N) is 5. The van der Waals surface area contributed by atoms with E-state index in [1.165, 1.54) is 0 Å². The normalized spacial score (nSPS) is 23.6. The van der Waals surface area contributed by atoms with E-state index >= 15 is 0 Å². The second kappa shape index (κ2) is 10.0. The van der Waals surface area contributed by atoms with Gasteiger partial charge in [-0.05, 0) is 51.1 Å². The van der Waals surface area contributed by atoms with Crippen molar-refractivity contribution in [3.63, 3.8) is 0 Å². The topological polar surface area (TPSA) is 64.6 Å². The molecule has 10 heteroatoms. The molecule has 2 saturated heterocycles. The number of amides is 2. The highest BCUT2D eigenvalue weighted by molar-refractivity contribution is 5.75. The number of piperazine rings is 1. The van der Waals surface area contributed by atoms with Gasteiger partial charge in [-0.25, -0.2) is 14.8 Å². The highest BCUT2D eigenvalue weighted by Gasteiger charge is 2.35. The van der Waals surface area contributed by atoms with Gasteiger partial charge in [-0.1, -0.05) is 20.8 Å². The molecule has 2 aliphatic rings. The zero-order chi connectivity index (χ0) is 24.4. The Kier molecular flexibility index (Phi) is 7.76. The number of hydrogen-bond donors (Lipinski definition) is 1. The molecule has 3 heterocycles. The lowest BCUT2D eigenvalue weighted by Gasteiger charge is -2.44. The van der Waals surface area contributed by atoms with Crippen LogP contribution in [0.15, 0.2) is 12.4 Å². The van der Waals surface area contributed by atoms with Gasteiger partial charge in [0.15, 0.2) is 0 Å². The fourth-order valence-corrected chi connectivity index (χ4v) is 4.86. The first-order valence-electron chi connectivity index (χ1n) is 11.8. The van der Waals surface area contributed by atoms with Crippen molar-refractivity contribution in [1.29, 1.82) is 0 Å². The summed E-state index contributed by atoms with van der Waals surface area (Å²) in [5, 5.41) is 3.12. The van der Waals surface area contributed by atoms with Gasteiger partial charge in [0.05, 0.1) is 5.56 Å². The summed E-state index contributed by atoms with van der Waals surface area (Å²) >= 11 is 0. The molecule has 0 bridgehead atoms. The molecule has 0 unspecified atom stereocenters. The van der Waals surface area contributed by atoms with Crippen LogP contribution in [0.25, 0.3) is 0 Å². The van der Waals surface area contributed by atoms with Crippen LogP contribution in [0.2, 0.25) is 0 Å². The second-order valence-electron chi connectivity index (χ2n) is 10.7. The number of rotatable bonds is 4. The first kappa shape index (κ1) is 25.5. The SMILES string of the molecule is C[C@@H]1CN(c2ncc(C(F)(F)F)cn2)C[C@H](C)N1C(=O)NCC1CCN(CC(C)(C)C)CC1. The van der Waals surface area contributed by atoms with Gasteiger partial charge in [0.2, 0.25) is 5.95 Å². The molecule has 0 radical (unpaired) electrons. The average molecular weight is 471 g/mol. The van der Waals surface area contributed by atoms with E-state index in [0.29, 0.717) is 31.0 Å². The lowest BCUT2D eigenvalue weighted by Crippen LogP contribution is -2.61. The first-order valence-corrected chi connectivity index (χ1v) is 11.8. The van der Waals surface area contributed by atoms with Crippen LogP contribution in [-0.4, -0.2) is 77.2 Å². The number of aromatic nitrogens is 2. The minimum atomic E-state index is -4.46. The maximum Gasteiger partial charge on any atom is 0.419 e. The molecule has 1 aromatic rings. The maximum atomic E-state index is 12.9. The van der Waals surface area contributed by atoms with Gasteiger partial charge in [-0.3, -0.25) is 0 Å². The summed E-state index contributed by atoms with van der Waals surface area (Å²) in [5.41, 5.74) is -0.574. The van der Waals surface area contributed by atoms with E-state index in [-0.39, 0.29) is 24.1 Å². The first-order chi connectivity index (χ1) is 15.3. The average Bonchev–Trinajstić information content (AvgIpc) is 2.71. The van der Waals surface area contributed by atoms with Gasteiger partial charge in [-0.15, -0.1) is 0 Å². The molecule has 0 aromatic carbocycles. The van der Waals surface area contributed by atoms with Crippen molar-refractivity contribution in [2.24, 2.45) is 11.3 Å². The zero-order valence-corrected chi connectivity index (χ0v) is 20.3. The summed E-state index contributed by atoms with van der Waals surface area (Å²) in [5.74, 6) is 0.737. The monoisotopic (exact) mass is 470 g/mol. The minimum absolute atomic E-state index is 0.0832. The van der Waals surface area contributed by atoms with Crippen molar-refractivity contribution in [3.8, 4) is 0 Å². The van der Waals surface area contributed by atoms with Gasteiger partial charge in [0.1, 0.15) is 0 Å². The quantitative estimate of drug-likeness (QED) is 0.724. The highest BCUT2D eigenvalue weighted by Crippen LogP contribution is 2.29. The number of piperidine rings is 1. The number of hydrogen-bond acceptors (Lipinski definition) is 5. The van der Waals surface area contributed by atoms with Crippen LogP contribution < -0.4 is 10.2 Å². The summed E-state index contributed by atoms with van der Waals surface area (Å²) in [7, 11) is 0. The number of carbonyl (C=O) groups excluding carboxylic acids is 1. The van der Waals surface area contributed by atoms with Crippen LogP contribution in [0.1, 0.15) is 53.0 Å². The molecule has 0 spiro atoms. The predicted octanol–water partition coefficient (Wildman–Crippen LogP) is 3.86. The number of carbonyl (C=O) groups is 1. The Morgan fingerprint density at radius 3 is 2.09 bits per heavy atom. The van der Waals surface area contributed by atoms with Crippen molar-refractivity contribution in [1.82, 2.24) is 25.1 Å². The smallest absolute Gasteiger partial charge is 0.338 e. The van der Waals surface area contributed by atoms with Crippen molar-refractivity contribution in [2.75, 3.05) is 44.2 Å². The Morgan fingerprint density at radius 2 is 1.61 bits per heavy atom. The fourth-order valence-electron chi connectivity index (χ4n) is 4.86. The maximum absolute atomic E-state index is 12.9. The van der Waals surface area contributed by atoms with Crippen LogP contribution in [-0.2, 0) is 6.18 Å². The number of nitrogens with one attached hydrogen (secondary N) is 1. The Morgan fingerprint density at radius 1 is 1.06 bits per heavy atom. The third kappa shape index (κ3) is 6.94. The molecule has 2 aliphatic heterocycles. The van der Waals surface area contributed by atoms with Crippen LogP contribution in [0.4, 0.5) is 23.9 Å². The fraction of sp³-hybridized carbons (Fsp3) is 0.783. The molecule has 1 aromatic heterocycles. The predicted molar refractivity (Wildman–Crippen MR) is 122 cm³/mol. The van der Waals surface area contributed by atoms with Gasteiger partial charge >= 0.3 is 12.2 Å². The number of likely N-dealkylation sites (tertiary alicyclic amines) is 1. The third-order valence-electron chi connectivity index (χ3n) is 6.35. The zero-order valence-electron chi connectivity index (χ0n) is 20.3. The van der Waals surface area contributed by atoms with Crippen molar-refractivity contribution < 1.29 is 18.0 Å². The Hall–Kier alpha value is -2.10. The van der Waals surface area contributed by atoms with Crippen LogP contribution in [0.3, 0.4) is 0 Å². The number of halogens is 3. The number of anilines is 1. The molecule has 3 rings (SSSR count). The van der Waals surface area contributed by atoms with Gasteiger partial charge < -0.3 is 20.0 Å². The molecule has 0 saturated carbocycles. The molecule has 186 valence electrons. The van der Waals surface area contributed by atoms with Crippen molar-refractivity contribution in [2.45, 2.75) is 65.7 Å². The van der Waals surface area contributed by atoms with Gasteiger partial charge in [-0.2, -0.15) is 13.2 Å². The molecule has 2 fully saturated rings. The second-order valence-corrected chi connectivity index (χ2v) is 10.7. The van der Waals surface area contributed by atoms with Gasteiger partial charge in [0.25, 0.3) is 0 Å². The summed E-state index contributed by atoms with van der Waals surface area (Å²) in [6.45, 7) is 15.5. The van der Waals surface area contributed by atoms with E-state index in [0.717, 1.165) is 44.9 Å². The standard InChI is InChI=1S/C23H37F3N6O/c1-16-13-31(20-27-11-19(12-28-20)23(24,25)26)14-17(2)32(16)21(33)29-10-18-6-8-30(9-7-18)15-22(3,4)5/h11-12,16-18H,6-10,13-15H2,1-5H3,(H,29,33)/t16-,17+. The summed E-state index contributed by atoms with van der Waals surface area (Å²) in [6.07, 6.45) is -0.673. The van der Waals surface area contributed by atoms with Crippen LogP contribution >= 0.6 is 0 Å². The molecule has 33 heavy (non-hydrogen) atoms. The Balaban J connectivity index is 1.49. The van der Waals surface area contributed by atoms with E-state index in [4.69, 9.17) is 0 Å². The lowest BCUT2D eigenvalue weighted by atomic mass is 9.92. The van der Waals surface area contributed by atoms with Gasteiger partial charge in [0, 0.05) is 50.7 Å². The van der Waals surface area contributed by atoms with E-state index in [9.17, 15) is 18.0 Å². The Bertz CT molecular complexity index is 775. The molecule has 1 N–H and O–H groups in total. The summed E-state index contributed by atoms with van der Waals surface area (Å²) in [6, 6.07) is -0.318. The molecule has 0 aliphatic carbocycles. The number of alkyl halides is 3. The van der Waals surface area contributed by atoms with Crippen molar-refractivity contribution >= 4 is 12.0 Å². The van der Waals surface area contributed by atoms with E-state index in [1.54, 1.807) is 0 Å². The molecule has 2 amide bonds. The molecule has 7 nitrogen and oxygen atoms in total. The Labute approximate surface area is 194 Å². The van der Waals surface area contributed by atoms with E-state index in [2.05, 4.69) is 41.0 Å². The van der Waals surface area contributed by atoms with E-state index < -0.39 is 11.7 Å². The lowest BCUT2D eigenvalue weighted by molar-refractivity contribution is -0.138. The number of urea groups is 1. The highest BCUT2D eigenvalue weighted by atomic mass is 19.4. The third-order valence-corrected chi connectivity index (χ3v) is 6.35. The largest absolute Gasteiger partial charge is 0.419 e. The molecule has 2 atom stereocenters. The molecular weight excluding hydrogens is 433 g/mol. The summed E-state index contributed by atoms with van der Waals surface area (Å²) < 4.78 is 38.3. The van der Waals surface area contributed by atoms with Crippen LogP contribution in [0.5, 0.6) is 0 Å². The van der Waals surface area contributed by atoms with E-state index in [1.807, 2.05) is 23.6 Å². The minimum Gasteiger partial charge on any atom is -0.338 e.